The van der Waals surface area contributed by atoms with Crippen LogP contribution in [0.3, 0.4) is 0 Å². The zero-order valence-electron chi connectivity index (χ0n) is 17.4. The summed E-state index contributed by atoms with van der Waals surface area (Å²) in [5.74, 6) is 2.39. The molecule has 1 aliphatic rings. The summed E-state index contributed by atoms with van der Waals surface area (Å²) in [6.07, 6.45) is 10.1. The highest BCUT2D eigenvalue weighted by Gasteiger charge is 2.20. The lowest BCUT2D eigenvalue weighted by atomic mass is 9.88. The third-order valence-corrected chi connectivity index (χ3v) is 5.70. The van der Waals surface area contributed by atoms with Gasteiger partial charge in [0.1, 0.15) is 0 Å². The van der Waals surface area contributed by atoms with Crippen LogP contribution in [0.2, 0.25) is 0 Å². The maximum atomic E-state index is 12.5. The van der Waals surface area contributed by atoms with Crippen LogP contribution in [0.1, 0.15) is 57.4 Å². The number of thioether (sulfide) groups is 1. The summed E-state index contributed by atoms with van der Waals surface area (Å²) in [4.78, 5) is 17.2. The first-order valence-electron chi connectivity index (χ1n) is 10.6. The molecule has 0 spiro atoms. The summed E-state index contributed by atoms with van der Waals surface area (Å²) in [5, 5.41) is 9.80. The fourth-order valence-electron chi connectivity index (χ4n) is 3.45. The minimum Gasteiger partial charge on any atom is -0.357 e. The average Bonchev–Trinajstić information content (AvgIpc) is 2.72. The van der Waals surface area contributed by atoms with Gasteiger partial charge in [-0.3, -0.25) is 4.79 Å². The van der Waals surface area contributed by atoms with Gasteiger partial charge in [0.15, 0.2) is 5.96 Å². The first-order chi connectivity index (χ1) is 13.7. The van der Waals surface area contributed by atoms with Gasteiger partial charge in [-0.25, -0.2) is 4.99 Å². The van der Waals surface area contributed by atoms with Gasteiger partial charge < -0.3 is 16.0 Å². The molecule has 1 aromatic rings. The maximum Gasteiger partial charge on any atom is 0.227 e. The Balaban J connectivity index is 1.86. The Morgan fingerprint density at radius 1 is 1.18 bits per heavy atom. The largest absolute Gasteiger partial charge is 0.357 e. The quantitative estimate of drug-likeness (QED) is 0.307. The SMILES string of the molecule is CCNC(=NCc1cccc(NC(=O)C2CCCCC2)c1)NCCCCSC. The molecule has 156 valence electrons. The topological polar surface area (TPSA) is 65.5 Å². The van der Waals surface area contributed by atoms with E-state index in [4.69, 9.17) is 0 Å². The molecule has 0 radical (unpaired) electrons. The summed E-state index contributed by atoms with van der Waals surface area (Å²) in [6, 6.07) is 8.04. The van der Waals surface area contributed by atoms with Gasteiger partial charge in [0, 0.05) is 24.7 Å². The van der Waals surface area contributed by atoms with E-state index < -0.39 is 0 Å². The Bertz CT molecular complexity index is 614. The molecule has 0 saturated heterocycles. The van der Waals surface area contributed by atoms with Crippen LogP contribution < -0.4 is 16.0 Å². The van der Waals surface area contributed by atoms with Gasteiger partial charge in [-0.05, 0) is 62.3 Å². The normalized spacial score (nSPS) is 15.3. The zero-order chi connectivity index (χ0) is 20.0. The summed E-state index contributed by atoms with van der Waals surface area (Å²) in [7, 11) is 0. The molecule has 6 heteroatoms. The van der Waals surface area contributed by atoms with Crippen LogP contribution in [0, 0.1) is 5.92 Å². The van der Waals surface area contributed by atoms with Crippen LogP contribution in [0.25, 0.3) is 0 Å². The number of hydrogen-bond acceptors (Lipinski definition) is 3. The molecule has 0 aromatic heterocycles. The standard InChI is InChI=1S/C22H36N4OS/c1-3-23-22(24-14-7-8-15-28-2)25-17-18-10-9-13-20(16-18)26-21(27)19-11-5-4-6-12-19/h9-10,13,16,19H,3-8,11-12,14-15,17H2,1-2H3,(H,26,27)(H2,23,24,25). The lowest BCUT2D eigenvalue weighted by molar-refractivity contribution is -0.120. The minimum atomic E-state index is 0.167. The second kappa shape index (κ2) is 13.5. The number of guanidine groups is 1. The van der Waals surface area contributed by atoms with Crippen molar-refractivity contribution < 1.29 is 4.79 Å². The van der Waals surface area contributed by atoms with Crippen LogP contribution >= 0.6 is 11.8 Å². The molecule has 1 amide bonds. The predicted molar refractivity (Wildman–Crippen MR) is 122 cm³/mol. The average molecular weight is 405 g/mol. The van der Waals surface area contributed by atoms with E-state index >= 15 is 0 Å². The number of anilines is 1. The van der Waals surface area contributed by atoms with Gasteiger partial charge >= 0.3 is 0 Å². The van der Waals surface area contributed by atoms with Crippen LogP contribution in [0.15, 0.2) is 29.3 Å². The summed E-state index contributed by atoms with van der Waals surface area (Å²) >= 11 is 1.89. The second-order valence-corrected chi connectivity index (χ2v) is 8.33. The molecule has 1 saturated carbocycles. The fourth-order valence-corrected chi connectivity index (χ4v) is 3.94. The van der Waals surface area contributed by atoms with Gasteiger partial charge in [-0.15, -0.1) is 0 Å². The van der Waals surface area contributed by atoms with Gasteiger partial charge in [-0.1, -0.05) is 31.4 Å². The van der Waals surface area contributed by atoms with Crippen molar-refractivity contribution in [2.75, 3.05) is 30.4 Å². The molecule has 0 unspecified atom stereocenters. The molecule has 0 heterocycles. The Hall–Kier alpha value is -1.69. The number of rotatable bonds is 10. The van der Waals surface area contributed by atoms with Crippen molar-refractivity contribution in [3.8, 4) is 0 Å². The molecule has 28 heavy (non-hydrogen) atoms. The highest BCUT2D eigenvalue weighted by molar-refractivity contribution is 7.98. The number of amides is 1. The van der Waals surface area contributed by atoms with Crippen molar-refractivity contribution >= 4 is 29.3 Å². The van der Waals surface area contributed by atoms with E-state index in [1.54, 1.807) is 0 Å². The number of nitrogens with one attached hydrogen (secondary N) is 3. The Morgan fingerprint density at radius 2 is 2.00 bits per heavy atom. The molecule has 0 bridgehead atoms. The molecule has 1 aliphatic carbocycles. The van der Waals surface area contributed by atoms with E-state index in [1.165, 1.54) is 31.4 Å². The Labute approximate surface area is 174 Å². The Morgan fingerprint density at radius 3 is 2.75 bits per heavy atom. The van der Waals surface area contributed by atoms with Crippen LogP contribution in [-0.2, 0) is 11.3 Å². The lowest BCUT2D eigenvalue weighted by Crippen LogP contribution is -2.37. The van der Waals surface area contributed by atoms with E-state index in [-0.39, 0.29) is 11.8 Å². The number of unbranched alkanes of at least 4 members (excludes halogenated alkanes) is 1. The highest BCUT2D eigenvalue weighted by atomic mass is 32.2. The number of benzene rings is 1. The number of aliphatic imine (C=N–C) groups is 1. The molecule has 3 N–H and O–H groups in total. The fraction of sp³-hybridized carbons (Fsp3) is 0.636. The monoisotopic (exact) mass is 404 g/mol. The Kier molecular flexibility index (Phi) is 10.9. The highest BCUT2D eigenvalue weighted by Crippen LogP contribution is 2.25. The van der Waals surface area contributed by atoms with E-state index in [2.05, 4.69) is 40.2 Å². The van der Waals surface area contributed by atoms with Crippen LogP contribution in [0.4, 0.5) is 5.69 Å². The first kappa shape index (κ1) is 22.6. The minimum absolute atomic E-state index is 0.167. The van der Waals surface area contributed by atoms with Gasteiger partial charge in [0.25, 0.3) is 0 Å². The van der Waals surface area contributed by atoms with Crippen molar-refractivity contribution in [2.45, 2.75) is 58.4 Å². The first-order valence-corrected chi connectivity index (χ1v) is 12.0. The predicted octanol–water partition coefficient (Wildman–Crippen LogP) is 4.40. The third kappa shape index (κ3) is 8.55. The number of carbonyl (C=O) groups excluding carboxylic acids is 1. The second-order valence-electron chi connectivity index (χ2n) is 7.35. The van der Waals surface area contributed by atoms with Gasteiger partial charge in [0.05, 0.1) is 6.54 Å². The smallest absolute Gasteiger partial charge is 0.227 e. The number of nitrogens with zero attached hydrogens (tertiary/aromatic N) is 1. The zero-order valence-corrected chi connectivity index (χ0v) is 18.2. The van der Waals surface area contributed by atoms with E-state index in [9.17, 15) is 4.79 Å². The van der Waals surface area contributed by atoms with Crippen molar-refractivity contribution in [3.63, 3.8) is 0 Å². The van der Waals surface area contributed by atoms with E-state index in [0.717, 1.165) is 49.6 Å². The molecular formula is C22H36N4OS. The summed E-state index contributed by atoms with van der Waals surface area (Å²) < 4.78 is 0. The van der Waals surface area contributed by atoms with E-state index in [0.29, 0.717) is 6.54 Å². The molecule has 0 aliphatic heterocycles. The third-order valence-electron chi connectivity index (χ3n) is 5.00. The molecule has 1 aromatic carbocycles. The van der Waals surface area contributed by atoms with Gasteiger partial charge in [-0.2, -0.15) is 11.8 Å². The lowest BCUT2D eigenvalue weighted by Gasteiger charge is -2.20. The summed E-state index contributed by atoms with van der Waals surface area (Å²) in [6.45, 7) is 4.44. The number of hydrogen-bond donors (Lipinski definition) is 3. The molecule has 0 atom stereocenters. The van der Waals surface area contributed by atoms with Crippen molar-refractivity contribution in [2.24, 2.45) is 10.9 Å². The summed E-state index contributed by atoms with van der Waals surface area (Å²) in [5.41, 5.74) is 1.97. The van der Waals surface area contributed by atoms with E-state index in [1.807, 2.05) is 30.0 Å². The van der Waals surface area contributed by atoms with Crippen molar-refractivity contribution in [3.05, 3.63) is 29.8 Å². The molecular weight excluding hydrogens is 368 g/mol. The maximum absolute atomic E-state index is 12.5. The molecule has 1 fully saturated rings. The van der Waals surface area contributed by atoms with Crippen LogP contribution in [0.5, 0.6) is 0 Å². The number of carbonyl (C=O) groups is 1. The molecule has 2 rings (SSSR count). The van der Waals surface area contributed by atoms with Crippen molar-refractivity contribution in [1.29, 1.82) is 0 Å². The molecule has 5 nitrogen and oxygen atoms in total. The van der Waals surface area contributed by atoms with Crippen molar-refractivity contribution in [1.82, 2.24) is 10.6 Å². The van der Waals surface area contributed by atoms with Gasteiger partial charge in [0.2, 0.25) is 5.91 Å². The van der Waals surface area contributed by atoms with Crippen LogP contribution in [-0.4, -0.2) is 37.0 Å².